The molecule has 1 rings (SSSR count). The van der Waals surface area contributed by atoms with Gasteiger partial charge in [-0.2, -0.15) is 5.10 Å². The Bertz CT molecular complexity index is 371. The predicted octanol–water partition coefficient (Wildman–Crippen LogP) is 3.68. The molecule has 0 aromatic carbocycles. The zero-order chi connectivity index (χ0) is 13.7. The van der Waals surface area contributed by atoms with Gasteiger partial charge in [0.2, 0.25) is 0 Å². The number of aliphatic hydroxyl groups is 1. The molecule has 1 N–H and O–H groups in total. The highest BCUT2D eigenvalue weighted by Gasteiger charge is 2.20. The number of aryl methyl sites for hydroxylation is 2. The van der Waals surface area contributed by atoms with Crippen molar-refractivity contribution in [2.75, 3.05) is 0 Å². The van der Waals surface area contributed by atoms with Crippen LogP contribution in [-0.4, -0.2) is 14.9 Å². The molecule has 1 aromatic heterocycles. The van der Waals surface area contributed by atoms with Crippen LogP contribution in [0.15, 0.2) is 0 Å². The second-order valence-electron chi connectivity index (χ2n) is 5.38. The fourth-order valence-electron chi connectivity index (χ4n) is 2.69. The standard InChI is InChI=1S/C15H28N2O/c1-6-8-9-13(7-2)10-14(18)15-11(3)16-17(5)12(15)4/h13-14,18H,6-10H2,1-5H3. The second-order valence-corrected chi connectivity index (χ2v) is 5.38. The summed E-state index contributed by atoms with van der Waals surface area (Å²) < 4.78 is 1.86. The van der Waals surface area contributed by atoms with Gasteiger partial charge in [0.25, 0.3) is 0 Å². The third-order valence-corrected chi connectivity index (χ3v) is 4.00. The topological polar surface area (TPSA) is 38.1 Å². The van der Waals surface area contributed by atoms with Crippen molar-refractivity contribution >= 4 is 0 Å². The lowest BCUT2D eigenvalue weighted by molar-refractivity contribution is 0.137. The molecule has 0 spiro atoms. The highest BCUT2D eigenvalue weighted by atomic mass is 16.3. The molecule has 0 aliphatic heterocycles. The molecule has 0 saturated carbocycles. The maximum Gasteiger partial charge on any atom is 0.0828 e. The fraction of sp³-hybridized carbons (Fsp3) is 0.800. The monoisotopic (exact) mass is 252 g/mol. The van der Waals surface area contributed by atoms with E-state index in [1.165, 1.54) is 19.3 Å². The average molecular weight is 252 g/mol. The molecule has 0 aliphatic rings. The first-order valence-electron chi connectivity index (χ1n) is 7.19. The Labute approximate surface area is 111 Å². The van der Waals surface area contributed by atoms with Crippen molar-refractivity contribution in [1.29, 1.82) is 0 Å². The molecular weight excluding hydrogens is 224 g/mol. The van der Waals surface area contributed by atoms with Crippen molar-refractivity contribution in [2.45, 2.75) is 65.9 Å². The van der Waals surface area contributed by atoms with Gasteiger partial charge < -0.3 is 5.11 Å². The van der Waals surface area contributed by atoms with Gasteiger partial charge in [0.05, 0.1) is 11.8 Å². The zero-order valence-corrected chi connectivity index (χ0v) is 12.5. The minimum atomic E-state index is -0.361. The van der Waals surface area contributed by atoms with E-state index in [1.54, 1.807) is 0 Å². The summed E-state index contributed by atoms with van der Waals surface area (Å²) >= 11 is 0. The molecule has 0 amide bonds. The van der Waals surface area contributed by atoms with Crippen LogP contribution in [0.1, 0.15) is 69.0 Å². The molecule has 2 atom stereocenters. The van der Waals surface area contributed by atoms with Crippen LogP contribution < -0.4 is 0 Å². The highest BCUT2D eigenvalue weighted by Crippen LogP contribution is 2.29. The molecule has 3 heteroatoms. The summed E-state index contributed by atoms with van der Waals surface area (Å²) in [5.41, 5.74) is 3.09. The first kappa shape index (κ1) is 15.2. The largest absolute Gasteiger partial charge is 0.388 e. The van der Waals surface area contributed by atoms with E-state index < -0.39 is 0 Å². The molecule has 2 unspecified atom stereocenters. The summed E-state index contributed by atoms with van der Waals surface area (Å²) in [5.74, 6) is 0.624. The number of aliphatic hydroxyl groups excluding tert-OH is 1. The first-order chi connectivity index (χ1) is 8.51. The zero-order valence-electron chi connectivity index (χ0n) is 12.5. The predicted molar refractivity (Wildman–Crippen MR) is 75.6 cm³/mol. The summed E-state index contributed by atoms with van der Waals surface area (Å²) in [4.78, 5) is 0. The van der Waals surface area contributed by atoms with Crippen molar-refractivity contribution in [3.05, 3.63) is 17.0 Å². The third kappa shape index (κ3) is 3.58. The van der Waals surface area contributed by atoms with E-state index in [-0.39, 0.29) is 6.10 Å². The fourth-order valence-corrected chi connectivity index (χ4v) is 2.69. The Hall–Kier alpha value is -0.830. The maximum atomic E-state index is 10.4. The van der Waals surface area contributed by atoms with E-state index in [4.69, 9.17) is 0 Å². The van der Waals surface area contributed by atoms with E-state index in [0.29, 0.717) is 5.92 Å². The second kappa shape index (κ2) is 6.93. The van der Waals surface area contributed by atoms with Gasteiger partial charge in [-0.3, -0.25) is 4.68 Å². The van der Waals surface area contributed by atoms with E-state index in [2.05, 4.69) is 18.9 Å². The molecule has 1 aromatic rings. The summed E-state index contributed by atoms with van der Waals surface area (Å²) in [7, 11) is 1.94. The Morgan fingerprint density at radius 1 is 1.28 bits per heavy atom. The van der Waals surface area contributed by atoms with Gasteiger partial charge in [-0.15, -0.1) is 0 Å². The quantitative estimate of drug-likeness (QED) is 0.804. The Morgan fingerprint density at radius 2 is 1.94 bits per heavy atom. The molecule has 0 bridgehead atoms. The summed E-state index contributed by atoms with van der Waals surface area (Å²) in [6.07, 6.45) is 5.37. The van der Waals surface area contributed by atoms with Gasteiger partial charge in [-0.05, 0) is 26.2 Å². The maximum absolute atomic E-state index is 10.4. The normalized spacial score (nSPS) is 14.8. The van der Waals surface area contributed by atoms with Crippen LogP contribution in [0.4, 0.5) is 0 Å². The van der Waals surface area contributed by atoms with Crippen molar-refractivity contribution in [2.24, 2.45) is 13.0 Å². The third-order valence-electron chi connectivity index (χ3n) is 4.00. The van der Waals surface area contributed by atoms with Crippen LogP contribution in [0.3, 0.4) is 0 Å². The lowest BCUT2D eigenvalue weighted by Crippen LogP contribution is -2.09. The molecule has 3 nitrogen and oxygen atoms in total. The summed E-state index contributed by atoms with van der Waals surface area (Å²) in [6, 6.07) is 0. The molecule has 0 radical (unpaired) electrons. The number of nitrogens with zero attached hydrogens (tertiary/aromatic N) is 2. The molecule has 18 heavy (non-hydrogen) atoms. The van der Waals surface area contributed by atoms with Gasteiger partial charge in [-0.1, -0.05) is 39.5 Å². The molecule has 0 aliphatic carbocycles. The van der Waals surface area contributed by atoms with Crippen molar-refractivity contribution < 1.29 is 5.11 Å². The lowest BCUT2D eigenvalue weighted by atomic mass is 9.90. The van der Waals surface area contributed by atoms with Crippen molar-refractivity contribution in [3.63, 3.8) is 0 Å². The van der Waals surface area contributed by atoms with Crippen LogP contribution >= 0.6 is 0 Å². The number of unbranched alkanes of at least 4 members (excludes halogenated alkanes) is 1. The Balaban J connectivity index is 2.71. The first-order valence-corrected chi connectivity index (χ1v) is 7.19. The van der Waals surface area contributed by atoms with Gasteiger partial charge in [0.15, 0.2) is 0 Å². The van der Waals surface area contributed by atoms with Gasteiger partial charge in [0.1, 0.15) is 0 Å². The minimum Gasteiger partial charge on any atom is -0.388 e. The van der Waals surface area contributed by atoms with Crippen LogP contribution in [-0.2, 0) is 7.05 Å². The van der Waals surface area contributed by atoms with Crippen LogP contribution in [0.25, 0.3) is 0 Å². The van der Waals surface area contributed by atoms with Gasteiger partial charge in [0, 0.05) is 18.3 Å². The number of hydrogen-bond donors (Lipinski definition) is 1. The SMILES string of the molecule is CCCCC(CC)CC(O)c1c(C)nn(C)c1C. The number of hydrogen-bond acceptors (Lipinski definition) is 2. The van der Waals surface area contributed by atoms with Crippen molar-refractivity contribution in [1.82, 2.24) is 9.78 Å². The number of aromatic nitrogens is 2. The molecule has 0 saturated heterocycles. The van der Waals surface area contributed by atoms with E-state index >= 15 is 0 Å². The molecule has 0 fully saturated rings. The lowest BCUT2D eigenvalue weighted by Gasteiger charge is -2.19. The van der Waals surface area contributed by atoms with Gasteiger partial charge in [-0.25, -0.2) is 0 Å². The summed E-state index contributed by atoms with van der Waals surface area (Å²) in [6.45, 7) is 8.46. The molecule has 104 valence electrons. The minimum absolute atomic E-state index is 0.361. The Morgan fingerprint density at radius 3 is 2.39 bits per heavy atom. The smallest absolute Gasteiger partial charge is 0.0828 e. The van der Waals surface area contributed by atoms with Crippen molar-refractivity contribution in [3.8, 4) is 0 Å². The molecule has 1 heterocycles. The van der Waals surface area contributed by atoms with Crippen LogP contribution in [0.5, 0.6) is 0 Å². The molecular formula is C15H28N2O. The Kier molecular flexibility index (Phi) is 5.86. The van der Waals surface area contributed by atoms with Gasteiger partial charge >= 0.3 is 0 Å². The number of rotatable bonds is 7. The average Bonchev–Trinajstić information content (AvgIpc) is 2.58. The highest BCUT2D eigenvalue weighted by molar-refractivity contribution is 5.26. The van der Waals surface area contributed by atoms with E-state index in [9.17, 15) is 5.11 Å². The summed E-state index contributed by atoms with van der Waals surface area (Å²) in [5, 5.41) is 14.8. The van der Waals surface area contributed by atoms with Crippen LogP contribution in [0, 0.1) is 19.8 Å². The van der Waals surface area contributed by atoms with E-state index in [0.717, 1.165) is 29.8 Å². The van der Waals surface area contributed by atoms with Crippen LogP contribution in [0.2, 0.25) is 0 Å². The van der Waals surface area contributed by atoms with E-state index in [1.807, 2.05) is 25.6 Å².